The number of sulfonamides is 2. The molecule has 17 rings (SSSR count). The van der Waals surface area contributed by atoms with E-state index in [4.69, 9.17) is 97.6 Å². The molecule has 3 aromatic carbocycles. The van der Waals surface area contributed by atoms with Gasteiger partial charge in [-0.3, -0.25) is 0 Å². The number of carbonyl (C=O) groups is 1. The predicted octanol–water partition coefficient (Wildman–Crippen LogP) is 8.33. The SMILES string of the molecule is CCOC1COc2c(Br)cnn2C1.CCOC1COc2c(S(=O)(=O)NC(=O)Nc3c4c(cc5c3CCC5)CCC4)cnn2C1.CCOC1COc2c(S(=O)(=O)Oc3c(Cl)cc(Cl)cc3Cl)cnn2C1.CCOC1COc2c(S(N)(=O)=O)cnn2C1.N.Nc1c2c(cc3c1CCC3)CCC2.O.OC1COc2c(Br)cnn2C1. The first-order valence-electron chi connectivity index (χ1n) is 35.7. The zero-order valence-electron chi connectivity index (χ0n) is 61.3. The highest BCUT2D eigenvalue weighted by Gasteiger charge is 2.36. The Bertz CT molecular complexity index is 4880. The van der Waals surface area contributed by atoms with Crippen molar-refractivity contribution in [2.24, 2.45) is 5.14 Å². The summed E-state index contributed by atoms with van der Waals surface area (Å²) < 4.78 is 139. The van der Waals surface area contributed by atoms with Crippen molar-refractivity contribution in [2.45, 2.75) is 183 Å². The number of aryl methyl sites for hydroxylation is 4. The number of urea groups is 1. The highest BCUT2D eigenvalue weighted by molar-refractivity contribution is 9.11. The van der Waals surface area contributed by atoms with Crippen molar-refractivity contribution >= 4 is 114 Å². The number of aliphatic hydroxyl groups excluding tert-OH is 1. The van der Waals surface area contributed by atoms with Crippen LogP contribution in [-0.2, 0) is 133 Å². The van der Waals surface area contributed by atoms with Crippen LogP contribution in [0.15, 0.2) is 78.9 Å². The Balaban J connectivity index is 0.000000147. The quantitative estimate of drug-likeness (QED) is 0.0414. The van der Waals surface area contributed by atoms with Gasteiger partial charge in [-0.1, -0.05) is 46.9 Å². The lowest BCUT2D eigenvalue weighted by Gasteiger charge is -2.24. The number of amides is 2. The average Bonchev–Trinajstić information content (AvgIpc) is 1.68. The molecular formula is C69H90Br2Cl3N15O19S3. The minimum atomic E-state index is -4.26. The Hall–Kier alpha value is -7.06. The lowest BCUT2D eigenvalue weighted by Crippen LogP contribution is -2.36. The number of hydrogen-bond donors (Lipinski definition) is 6. The number of nitrogens with one attached hydrogen (secondary N) is 2. The Morgan fingerprint density at radius 2 is 0.874 bits per heavy atom. The molecule has 5 unspecified atom stereocenters. The summed E-state index contributed by atoms with van der Waals surface area (Å²) >= 11 is 24.4. The largest absolute Gasteiger partial charge is 0.474 e. The summed E-state index contributed by atoms with van der Waals surface area (Å²) in [6.45, 7) is 14.2. The zero-order chi connectivity index (χ0) is 77.5. The number of nitrogen functional groups attached to an aromatic ring is 1. The maximum atomic E-state index is 12.9. The van der Waals surface area contributed by atoms with Crippen LogP contribution >= 0.6 is 66.7 Å². The van der Waals surface area contributed by atoms with E-state index >= 15 is 0 Å². The number of nitrogens with two attached hydrogens (primary N) is 2. The summed E-state index contributed by atoms with van der Waals surface area (Å²) in [5, 5.41) is 37.4. The number of ether oxygens (including phenoxy) is 9. The topological polar surface area (TPSA) is 464 Å². The van der Waals surface area contributed by atoms with Gasteiger partial charge in [-0.2, -0.15) is 33.9 Å². The van der Waals surface area contributed by atoms with Crippen molar-refractivity contribution in [1.82, 2.24) is 59.8 Å². The van der Waals surface area contributed by atoms with Crippen molar-refractivity contribution < 1.29 is 87.4 Å². The second kappa shape index (κ2) is 37.9. The number of rotatable bonds is 15. The lowest BCUT2D eigenvalue weighted by molar-refractivity contribution is -0.00767. The average molecular weight is 1800 g/mol. The van der Waals surface area contributed by atoms with Gasteiger partial charge in [0.15, 0.2) is 20.4 Å². The number of fused-ring (bicyclic) bond motifs is 9. The van der Waals surface area contributed by atoms with E-state index in [1.165, 1.54) is 110 Å². The third-order valence-corrected chi connectivity index (χ3v) is 24.1. The van der Waals surface area contributed by atoms with Crippen LogP contribution in [0.5, 0.6) is 35.1 Å². The van der Waals surface area contributed by atoms with E-state index in [1.807, 2.05) is 32.4 Å². The van der Waals surface area contributed by atoms with Crippen molar-refractivity contribution in [2.75, 3.05) is 70.5 Å². The monoisotopic (exact) mass is 1790 g/mol. The molecule has 0 bridgehead atoms. The molecule has 42 heteroatoms. The summed E-state index contributed by atoms with van der Waals surface area (Å²) in [6.07, 6.45) is 19.6. The molecule has 0 radical (unpaired) electrons. The molecule has 34 nitrogen and oxygen atoms in total. The minimum absolute atomic E-state index is 0. The van der Waals surface area contributed by atoms with Gasteiger partial charge < -0.3 is 74.6 Å². The number of carbonyl (C=O) groups excluding carboxylic acids is 1. The molecule has 5 atom stereocenters. The van der Waals surface area contributed by atoms with E-state index in [2.05, 4.69) is 79.5 Å². The number of halogens is 5. The van der Waals surface area contributed by atoms with Gasteiger partial charge in [0.25, 0.3) is 10.0 Å². The van der Waals surface area contributed by atoms with E-state index in [-0.39, 0.29) is 102 Å². The van der Waals surface area contributed by atoms with E-state index in [1.54, 1.807) is 17.1 Å². The number of nitrogens with zero attached hydrogens (tertiary/aromatic N) is 10. The van der Waals surface area contributed by atoms with Crippen molar-refractivity contribution in [1.29, 1.82) is 0 Å². The highest BCUT2D eigenvalue weighted by atomic mass is 79.9. The number of hydrogen-bond acceptors (Lipinski definition) is 25. The van der Waals surface area contributed by atoms with Gasteiger partial charge in [0, 0.05) is 42.8 Å². The van der Waals surface area contributed by atoms with Crippen LogP contribution in [0.4, 0.5) is 16.2 Å². The molecule has 4 aliphatic carbocycles. The Kier molecular flexibility index (Phi) is 29.5. The third kappa shape index (κ3) is 20.4. The lowest BCUT2D eigenvalue weighted by atomic mass is 9.99. The minimum Gasteiger partial charge on any atom is -0.474 e. The smallest absolute Gasteiger partial charge is 0.346 e. The van der Waals surface area contributed by atoms with Gasteiger partial charge >= 0.3 is 16.1 Å². The van der Waals surface area contributed by atoms with Crippen LogP contribution in [0.1, 0.15) is 97.9 Å². The molecule has 608 valence electrons. The summed E-state index contributed by atoms with van der Waals surface area (Å²) in [5.41, 5.74) is 19.0. The van der Waals surface area contributed by atoms with Gasteiger partial charge in [0.05, 0.1) is 82.7 Å². The summed E-state index contributed by atoms with van der Waals surface area (Å²) in [5.74, 6) is 1.69. The zero-order valence-corrected chi connectivity index (χ0v) is 69.2. The van der Waals surface area contributed by atoms with Gasteiger partial charge in [-0.05, 0) is 193 Å². The Morgan fingerprint density at radius 1 is 0.523 bits per heavy atom. The number of aliphatic hydroxyl groups is 1. The first-order valence-corrected chi connectivity index (χ1v) is 42.8. The molecule has 2 amide bonds. The molecule has 10 heterocycles. The second-order valence-corrected chi connectivity index (χ2v) is 34.0. The fraction of sp³-hybridized carbons (Fsp3) is 0.507. The molecule has 0 fully saturated rings. The van der Waals surface area contributed by atoms with Crippen LogP contribution < -0.4 is 54.9 Å². The second-order valence-electron chi connectivity index (χ2n) is 26.3. The van der Waals surface area contributed by atoms with Crippen molar-refractivity contribution in [3.8, 4) is 35.1 Å². The maximum absolute atomic E-state index is 12.9. The van der Waals surface area contributed by atoms with E-state index < -0.39 is 42.3 Å². The predicted molar refractivity (Wildman–Crippen MR) is 416 cm³/mol. The Labute approximate surface area is 673 Å². The first-order chi connectivity index (χ1) is 52.2. The standard InChI is InChI=1S/C21H26N4O5S.C14H13Cl3N2O5S.C12H15N.C8H11BrN2O2.C8H13N3O4S.C6H7BrN2O2.H3N.H2O/c1-2-29-15-11-25-20(30-12-15)18(10-22-25)31(27,28)24-21(26)23-19-16-7-3-5-13(16)9-14-6-4-8-17(14)19;1-2-22-9-6-19-14(23-7-9)12(5-18-19)25(20,21)24-13-10(16)3-8(15)4-11(13)17;13-12-10-5-1-3-8(10)7-9-4-2-6-11(9)12;1-2-12-6-4-11-8(13-5-6)7(9)3-10-11;1-2-14-6-4-11-8(15-5-6)7(3-10-11)16(9,12)13;7-5-1-8-9-2-4(10)3-11-6(5)9;;/h9-10,15H,2-8,11-12H2,1H3,(H2,23,24,26);3-5,9H,2,6-7H2,1H3;7H,1-6,13H2;3,6H,2,4-5H2,1H3;3,6H,2,4-5H2,1H3,(H2,9,12,13);1,4,10H,2-3H2;1H3;1H2. The van der Waals surface area contributed by atoms with Crippen LogP contribution in [0.2, 0.25) is 15.1 Å². The molecule has 0 saturated carbocycles. The van der Waals surface area contributed by atoms with E-state index in [0.717, 1.165) is 88.6 Å². The fourth-order valence-corrected chi connectivity index (χ4v) is 18.5. The molecule has 0 spiro atoms. The number of benzene rings is 3. The fourth-order valence-electron chi connectivity index (χ4n) is 14.0. The molecular weight excluding hydrogens is 1710 g/mol. The third-order valence-electron chi connectivity index (χ3n) is 18.8. The normalized spacial score (nSPS) is 19.0. The maximum Gasteiger partial charge on any atom is 0.346 e. The number of aromatic nitrogens is 10. The van der Waals surface area contributed by atoms with Crippen LogP contribution in [0.3, 0.4) is 0 Å². The van der Waals surface area contributed by atoms with E-state index in [9.17, 15) is 30.0 Å². The van der Waals surface area contributed by atoms with Gasteiger partial charge in [-0.25, -0.2) is 54.9 Å². The molecule has 5 aliphatic heterocycles. The molecule has 111 heavy (non-hydrogen) atoms. The summed E-state index contributed by atoms with van der Waals surface area (Å²) in [7, 11) is -12.2. The van der Waals surface area contributed by atoms with Gasteiger partial charge in [-0.15, -0.1) is 0 Å². The van der Waals surface area contributed by atoms with Gasteiger partial charge in [0.1, 0.15) is 63.6 Å². The van der Waals surface area contributed by atoms with Crippen molar-refractivity contribution in [3.63, 3.8) is 0 Å². The number of anilines is 2. The van der Waals surface area contributed by atoms with Crippen LogP contribution in [-0.4, -0.2) is 181 Å². The summed E-state index contributed by atoms with van der Waals surface area (Å²) in [4.78, 5) is 12.3. The number of primary sulfonamides is 1. The van der Waals surface area contributed by atoms with Crippen molar-refractivity contribution in [3.05, 3.63) is 124 Å². The Morgan fingerprint density at radius 3 is 1.31 bits per heavy atom. The van der Waals surface area contributed by atoms with Gasteiger partial charge in [0.2, 0.25) is 39.4 Å². The molecule has 9 aliphatic rings. The molecule has 5 aromatic heterocycles. The van der Waals surface area contributed by atoms with Crippen LogP contribution in [0, 0.1) is 0 Å². The van der Waals surface area contributed by atoms with Crippen LogP contribution in [0.25, 0.3) is 0 Å². The molecule has 12 N–H and O–H groups in total. The first kappa shape index (κ1) is 86.3. The highest BCUT2D eigenvalue weighted by Crippen LogP contribution is 2.42. The molecule has 0 saturated heterocycles. The molecule has 8 aromatic rings. The summed E-state index contributed by atoms with van der Waals surface area (Å²) in [6, 6.07) is 6.57. The van der Waals surface area contributed by atoms with E-state index in [0.29, 0.717) is 78.3 Å².